The largest absolute Gasteiger partial charge is 0.338 e. The number of nitrogens with zero attached hydrogens (tertiary/aromatic N) is 2. The maximum Gasteiger partial charge on any atom is 0.317 e. The van der Waals surface area contributed by atoms with Crippen molar-refractivity contribution in [1.29, 1.82) is 0 Å². The molecule has 4 nitrogen and oxygen atoms in total. The van der Waals surface area contributed by atoms with Crippen molar-refractivity contribution in [2.24, 2.45) is 5.92 Å². The van der Waals surface area contributed by atoms with Gasteiger partial charge in [-0.3, -0.25) is 0 Å². The molecular weight excluding hydrogens is 238 g/mol. The number of carbonyl (C=O) groups excluding carboxylic acids is 1. The summed E-state index contributed by atoms with van der Waals surface area (Å²) in [6, 6.07) is 0.145. The lowest BCUT2D eigenvalue weighted by Gasteiger charge is -2.34. The fraction of sp³-hybridized carbons (Fsp3) is 0.933. The molecule has 0 aromatic carbocycles. The minimum absolute atomic E-state index is 0.145. The van der Waals surface area contributed by atoms with E-state index in [9.17, 15) is 4.79 Å². The van der Waals surface area contributed by atoms with Gasteiger partial charge in [-0.25, -0.2) is 4.79 Å². The third-order valence-corrected chi connectivity index (χ3v) is 4.66. The van der Waals surface area contributed by atoms with E-state index in [4.69, 9.17) is 0 Å². The van der Waals surface area contributed by atoms with Crippen LogP contribution < -0.4 is 5.32 Å². The average molecular weight is 267 g/mol. The smallest absolute Gasteiger partial charge is 0.317 e. The molecule has 19 heavy (non-hydrogen) atoms. The van der Waals surface area contributed by atoms with Crippen molar-refractivity contribution < 1.29 is 4.79 Å². The van der Waals surface area contributed by atoms with Crippen molar-refractivity contribution in [3.63, 3.8) is 0 Å². The third-order valence-electron chi connectivity index (χ3n) is 4.66. The number of urea groups is 1. The van der Waals surface area contributed by atoms with E-state index in [2.05, 4.69) is 17.1 Å². The number of carbonyl (C=O) groups is 1. The van der Waals surface area contributed by atoms with Gasteiger partial charge in [0.1, 0.15) is 0 Å². The highest BCUT2D eigenvalue weighted by Crippen LogP contribution is 2.25. The summed E-state index contributed by atoms with van der Waals surface area (Å²) in [5, 5.41) is 3.10. The minimum atomic E-state index is 0.145. The summed E-state index contributed by atoms with van der Waals surface area (Å²) in [5.41, 5.74) is 0. The maximum atomic E-state index is 12.0. The Morgan fingerprint density at radius 2 is 1.79 bits per heavy atom. The van der Waals surface area contributed by atoms with Crippen LogP contribution in [0.4, 0.5) is 4.79 Å². The Balaban J connectivity index is 1.59. The van der Waals surface area contributed by atoms with Gasteiger partial charge in [0.05, 0.1) is 0 Å². The predicted molar refractivity (Wildman–Crippen MR) is 78.3 cm³/mol. The molecule has 2 fully saturated rings. The van der Waals surface area contributed by atoms with Gasteiger partial charge in [0, 0.05) is 32.7 Å². The normalized spacial score (nSPS) is 22.5. The molecule has 0 bridgehead atoms. The van der Waals surface area contributed by atoms with Gasteiger partial charge in [-0.05, 0) is 18.9 Å². The van der Waals surface area contributed by atoms with E-state index in [1.165, 1.54) is 38.5 Å². The summed E-state index contributed by atoms with van der Waals surface area (Å²) in [6.45, 7) is 7.93. The molecule has 0 spiro atoms. The summed E-state index contributed by atoms with van der Waals surface area (Å²) in [7, 11) is 0. The Morgan fingerprint density at radius 3 is 2.42 bits per heavy atom. The van der Waals surface area contributed by atoms with E-state index in [-0.39, 0.29) is 6.03 Å². The van der Waals surface area contributed by atoms with Crippen LogP contribution in [0, 0.1) is 5.92 Å². The molecule has 110 valence electrons. The molecule has 2 aliphatic rings. The zero-order valence-electron chi connectivity index (χ0n) is 12.4. The Morgan fingerprint density at radius 1 is 1.11 bits per heavy atom. The van der Waals surface area contributed by atoms with Crippen molar-refractivity contribution in [3.05, 3.63) is 0 Å². The molecule has 2 rings (SSSR count). The predicted octanol–water partition coefficient (Wildman–Crippen LogP) is 2.30. The van der Waals surface area contributed by atoms with Gasteiger partial charge in [0.25, 0.3) is 0 Å². The number of hydrogen-bond acceptors (Lipinski definition) is 2. The molecule has 4 heteroatoms. The highest BCUT2D eigenvalue weighted by Gasteiger charge is 2.20. The highest BCUT2D eigenvalue weighted by atomic mass is 16.2. The first-order valence-corrected chi connectivity index (χ1v) is 8.04. The second-order valence-electron chi connectivity index (χ2n) is 5.95. The number of piperazine rings is 1. The second-order valence-corrected chi connectivity index (χ2v) is 5.95. The van der Waals surface area contributed by atoms with E-state index >= 15 is 0 Å². The number of rotatable bonds is 4. The van der Waals surface area contributed by atoms with E-state index in [0.717, 1.165) is 45.2 Å². The fourth-order valence-corrected chi connectivity index (χ4v) is 3.24. The molecule has 1 heterocycles. The van der Waals surface area contributed by atoms with Gasteiger partial charge in [-0.2, -0.15) is 0 Å². The SMILES string of the molecule is CCN1CCN(C(=O)NCCC2CCCCC2)CC1. The Hall–Kier alpha value is -0.770. The van der Waals surface area contributed by atoms with Gasteiger partial charge in [-0.15, -0.1) is 0 Å². The first kappa shape index (κ1) is 14.6. The van der Waals surface area contributed by atoms with E-state index in [1.807, 2.05) is 4.90 Å². The average Bonchev–Trinajstić information content (AvgIpc) is 2.48. The summed E-state index contributed by atoms with van der Waals surface area (Å²) >= 11 is 0. The van der Waals surface area contributed by atoms with Crippen LogP contribution in [-0.2, 0) is 0 Å². The minimum Gasteiger partial charge on any atom is -0.338 e. The molecule has 0 unspecified atom stereocenters. The Labute approximate surface area is 117 Å². The van der Waals surface area contributed by atoms with Crippen LogP contribution in [0.25, 0.3) is 0 Å². The Bertz CT molecular complexity index is 269. The molecule has 0 aromatic heterocycles. The van der Waals surface area contributed by atoms with Gasteiger partial charge in [0.2, 0.25) is 0 Å². The summed E-state index contributed by atoms with van der Waals surface area (Å²) in [4.78, 5) is 16.4. The van der Waals surface area contributed by atoms with Crippen LogP contribution in [0.15, 0.2) is 0 Å². The summed E-state index contributed by atoms with van der Waals surface area (Å²) < 4.78 is 0. The molecule has 0 atom stereocenters. The molecule has 0 radical (unpaired) electrons. The molecule has 1 aliphatic heterocycles. The number of hydrogen-bond donors (Lipinski definition) is 1. The zero-order chi connectivity index (χ0) is 13.5. The van der Waals surface area contributed by atoms with E-state index < -0.39 is 0 Å². The van der Waals surface area contributed by atoms with E-state index in [0.29, 0.717) is 0 Å². The summed E-state index contributed by atoms with van der Waals surface area (Å²) in [6.07, 6.45) is 8.08. The lowest BCUT2D eigenvalue weighted by molar-refractivity contribution is 0.142. The number of likely N-dealkylation sites (N-methyl/N-ethyl adjacent to an activating group) is 1. The first-order chi connectivity index (χ1) is 9.29. The monoisotopic (exact) mass is 267 g/mol. The molecule has 1 saturated carbocycles. The fourth-order valence-electron chi connectivity index (χ4n) is 3.24. The van der Waals surface area contributed by atoms with Crippen LogP contribution in [-0.4, -0.2) is 55.1 Å². The van der Waals surface area contributed by atoms with Gasteiger partial charge in [-0.1, -0.05) is 39.0 Å². The number of nitrogens with one attached hydrogen (secondary N) is 1. The maximum absolute atomic E-state index is 12.0. The quantitative estimate of drug-likeness (QED) is 0.848. The van der Waals surface area contributed by atoms with Crippen LogP contribution in [0.1, 0.15) is 45.4 Å². The lowest BCUT2D eigenvalue weighted by atomic mass is 9.87. The first-order valence-electron chi connectivity index (χ1n) is 8.04. The standard InChI is InChI=1S/C15H29N3O/c1-2-17-10-12-18(13-11-17)15(19)16-9-8-14-6-4-3-5-7-14/h14H,2-13H2,1H3,(H,16,19). The molecule has 1 saturated heterocycles. The van der Waals surface area contributed by atoms with Crippen LogP contribution in [0.5, 0.6) is 0 Å². The van der Waals surface area contributed by atoms with Gasteiger partial charge >= 0.3 is 6.03 Å². The molecule has 0 aromatic rings. The van der Waals surface area contributed by atoms with Crippen molar-refractivity contribution in [2.75, 3.05) is 39.3 Å². The zero-order valence-corrected chi connectivity index (χ0v) is 12.4. The van der Waals surface area contributed by atoms with Crippen LogP contribution in [0.3, 0.4) is 0 Å². The number of amides is 2. The van der Waals surface area contributed by atoms with E-state index in [1.54, 1.807) is 0 Å². The highest BCUT2D eigenvalue weighted by molar-refractivity contribution is 5.74. The van der Waals surface area contributed by atoms with Gasteiger partial charge < -0.3 is 15.1 Å². The third kappa shape index (κ3) is 4.68. The lowest BCUT2D eigenvalue weighted by Crippen LogP contribution is -2.51. The topological polar surface area (TPSA) is 35.6 Å². The Kier molecular flexibility index (Phi) is 5.95. The molecule has 1 aliphatic carbocycles. The second kappa shape index (κ2) is 7.73. The van der Waals surface area contributed by atoms with Crippen molar-refractivity contribution in [1.82, 2.24) is 15.1 Å². The van der Waals surface area contributed by atoms with Crippen LogP contribution in [0.2, 0.25) is 0 Å². The van der Waals surface area contributed by atoms with Crippen molar-refractivity contribution >= 4 is 6.03 Å². The van der Waals surface area contributed by atoms with Gasteiger partial charge in [0.15, 0.2) is 0 Å². The molecule has 2 amide bonds. The van der Waals surface area contributed by atoms with Crippen LogP contribution >= 0.6 is 0 Å². The van der Waals surface area contributed by atoms with Crippen molar-refractivity contribution in [3.8, 4) is 0 Å². The van der Waals surface area contributed by atoms with Crippen molar-refractivity contribution in [2.45, 2.75) is 45.4 Å². The summed E-state index contributed by atoms with van der Waals surface area (Å²) in [5.74, 6) is 0.853. The molecule has 1 N–H and O–H groups in total. The molecular formula is C15H29N3O.